The summed E-state index contributed by atoms with van der Waals surface area (Å²) in [5, 5.41) is 3.51. The molecule has 0 saturated heterocycles. The molecule has 1 unspecified atom stereocenters. The highest BCUT2D eigenvalue weighted by atomic mass is 32.2. The number of hydrogen-bond donors (Lipinski definition) is 1. The van der Waals surface area contributed by atoms with Crippen molar-refractivity contribution in [3.63, 3.8) is 0 Å². The van der Waals surface area contributed by atoms with E-state index in [1.165, 1.54) is 4.90 Å². The molecule has 0 fully saturated rings. The molecule has 1 aromatic rings. The zero-order valence-corrected chi connectivity index (χ0v) is 11.0. The van der Waals surface area contributed by atoms with E-state index in [4.69, 9.17) is 0 Å². The minimum absolute atomic E-state index is 0.127. The molecular formula is C12H16FNS2. The van der Waals surface area contributed by atoms with Crippen molar-refractivity contribution in [3.8, 4) is 0 Å². The standard InChI is InChI=1S/C12H16FNS2/c1-15-7-5-14-11-4-6-16-12-3-2-9(13)8-10(11)12/h2-3,8,11,14H,4-7H2,1H3. The average Bonchev–Trinajstić information content (AvgIpc) is 2.30. The van der Waals surface area contributed by atoms with Crippen LogP contribution < -0.4 is 5.32 Å². The molecule has 0 saturated carbocycles. The fourth-order valence-electron chi connectivity index (χ4n) is 1.91. The number of benzene rings is 1. The fraction of sp³-hybridized carbons (Fsp3) is 0.500. The van der Waals surface area contributed by atoms with Crippen molar-refractivity contribution in [1.29, 1.82) is 0 Å². The Hall–Kier alpha value is -0.190. The van der Waals surface area contributed by atoms with Gasteiger partial charge in [-0.2, -0.15) is 11.8 Å². The summed E-state index contributed by atoms with van der Waals surface area (Å²) in [5.41, 5.74) is 1.14. The third kappa shape index (κ3) is 2.93. The van der Waals surface area contributed by atoms with Gasteiger partial charge in [0.05, 0.1) is 0 Å². The van der Waals surface area contributed by atoms with Gasteiger partial charge >= 0.3 is 0 Å². The van der Waals surface area contributed by atoms with Crippen LogP contribution in [0.4, 0.5) is 4.39 Å². The largest absolute Gasteiger partial charge is 0.309 e. The van der Waals surface area contributed by atoms with E-state index < -0.39 is 0 Å². The van der Waals surface area contributed by atoms with Crippen LogP contribution in [0.3, 0.4) is 0 Å². The summed E-state index contributed by atoms with van der Waals surface area (Å²) in [6.07, 6.45) is 3.20. The van der Waals surface area contributed by atoms with Gasteiger partial charge in [-0.05, 0) is 42.2 Å². The van der Waals surface area contributed by atoms with E-state index in [9.17, 15) is 4.39 Å². The fourth-order valence-corrected chi connectivity index (χ4v) is 3.34. The number of fused-ring (bicyclic) bond motifs is 1. The second kappa shape index (κ2) is 5.94. The van der Waals surface area contributed by atoms with E-state index >= 15 is 0 Å². The van der Waals surface area contributed by atoms with E-state index in [1.54, 1.807) is 12.1 Å². The normalized spacial score (nSPS) is 19.5. The minimum atomic E-state index is -0.127. The van der Waals surface area contributed by atoms with Crippen molar-refractivity contribution in [2.45, 2.75) is 17.4 Å². The molecule has 1 aromatic carbocycles. The van der Waals surface area contributed by atoms with Crippen LogP contribution in [0, 0.1) is 5.82 Å². The Balaban J connectivity index is 2.09. The Morgan fingerprint density at radius 1 is 1.56 bits per heavy atom. The van der Waals surface area contributed by atoms with Crippen LogP contribution in [0.25, 0.3) is 0 Å². The quantitative estimate of drug-likeness (QED) is 0.831. The Bertz CT molecular complexity index is 357. The van der Waals surface area contributed by atoms with Crippen LogP contribution in [-0.2, 0) is 0 Å². The number of rotatable bonds is 4. The van der Waals surface area contributed by atoms with E-state index in [1.807, 2.05) is 29.6 Å². The zero-order chi connectivity index (χ0) is 11.4. The monoisotopic (exact) mass is 257 g/mol. The predicted octanol–water partition coefficient (Wildman–Crippen LogP) is 3.32. The highest BCUT2D eigenvalue weighted by Gasteiger charge is 2.20. The first-order valence-corrected chi connectivity index (χ1v) is 7.84. The molecule has 0 radical (unpaired) electrons. The van der Waals surface area contributed by atoms with Crippen molar-refractivity contribution in [3.05, 3.63) is 29.6 Å². The van der Waals surface area contributed by atoms with E-state index in [0.29, 0.717) is 6.04 Å². The average molecular weight is 257 g/mol. The van der Waals surface area contributed by atoms with Crippen LogP contribution in [-0.4, -0.2) is 24.3 Å². The summed E-state index contributed by atoms with van der Waals surface area (Å²) in [7, 11) is 0. The highest BCUT2D eigenvalue weighted by molar-refractivity contribution is 7.99. The van der Waals surface area contributed by atoms with Gasteiger partial charge in [-0.1, -0.05) is 0 Å². The van der Waals surface area contributed by atoms with Gasteiger partial charge in [0, 0.05) is 23.2 Å². The lowest BCUT2D eigenvalue weighted by atomic mass is 10.0. The van der Waals surface area contributed by atoms with Crippen LogP contribution >= 0.6 is 23.5 Å². The summed E-state index contributed by atoms with van der Waals surface area (Å²) < 4.78 is 13.2. The van der Waals surface area contributed by atoms with Crippen LogP contribution in [0.2, 0.25) is 0 Å². The molecule has 0 spiro atoms. The maximum atomic E-state index is 13.2. The maximum absolute atomic E-state index is 13.2. The summed E-state index contributed by atoms with van der Waals surface area (Å²) >= 11 is 3.66. The predicted molar refractivity (Wildman–Crippen MR) is 70.9 cm³/mol. The summed E-state index contributed by atoms with van der Waals surface area (Å²) in [6.45, 7) is 0.993. The Morgan fingerprint density at radius 2 is 2.44 bits per heavy atom. The van der Waals surface area contributed by atoms with E-state index in [2.05, 4.69) is 11.6 Å². The SMILES string of the molecule is CSCCNC1CCSc2ccc(F)cc21. The molecule has 0 aliphatic carbocycles. The van der Waals surface area contributed by atoms with Gasteiger partial charge in [0.2, 0.25) is 0 Å². The first-order valence-electron chi connectivity index (χ1n) is 5.46. The van der Waals surface area contributed by atoms with Crippen molar-refractivity contribution >= 4 is 23.5 Å². The molecule has 0 bridgehead atoms. The number of nitrogens with one attached hydrogen (secondary N) is 1. The second-order valence-corrected chi connectivity index (χ2v) is 5.94. The number of halogens is 1. The Morgan fingerprint density at radius 3 is 3.25 bits per heavy atom. The third-order valence-electron chi connectivity index (χ3n) is 2.71. The van der Waals surface area contributed by atoms with E-state index in [-0.39, 0.29) is 5.82 Å². The van der Waals surface area contributed by atoms with Crippen LogP contribution in [0.1, 0.15) is 18.0 Å². The van der Waals surface area contributed by atoms with Gasteiger partial charge in [-0.15, -0.1) is 11.8 Å². The number of hydrogen-bond acceptors (Lipinski definition) is 3. The van der Waals surface area contributed by atoms with E-state index in [0.717, 1.165) is 30.0 Å². The molecule has 1 N–H and O–H groups in total. The molecule has 2 rings (SSSR count). The van der Waals surface area contributed by atoms with Crippen molar-refractivity contribution < 1.29 is 4.39 Å². The van der Waals surface area contributed by atoms with Gasteiger partial charge < -0.3 is 5.32 Å². The molecule has 16 heavy (non-hydrogen) atoms. The Labute approximate surface area is 105 Å². The molecule has 4 heteroatoms. The molecule has 1 aliphatic rings. The van der Waals surface area contributed by atoms with Gasteiger partial charge in [0.15, 0.2) is 0 Å². The molecule has 0 amide bonds. The van der Waals surface area contributed by atoms with Gasteiger partial charge in [-0.25, -0.2) is 4.39 Å². The molecule has 0 aromatic heterocycles. The number of thioether (sulfide) groups is 2. The summed E-state index contributed by atoms with van der Waals surface area (Å²) in [5.74, 6) is 2.10. The molecule has 1 aliphatic heterocycles. The zero-order valence-electron chi connectivity index (χ0n) is 9.33. The first kappa shape index (κ1) is 12.3. The topological polar surface area (TPSA) is 12.0 Å². The lowest BCUT2D eigenvalue weighted by molar-refractivity contribution is 0.523. The summed E-state index contributed by atoms with van der Waals surface area (Å²) in [4.78, 5) is 1.23. The maximum Gasteiger partial charge on any atom is 0.123 e. The lowest BCUT2D eigenvalue weighted by Gasteiger charge is -2.26. The molecule has 1 heterocycles. The third-order valence-corrected chi connectivity index (χ3v) is 4.44. The van der Waals surface area contributed by atoms with Crippen molar-refractivity contribution in [1.82, 2.24) is 5.32 Å². The summed E-state index contributed by atoms with van der Waals surface area (Å²) in [6, 6.07) is 5.46. The second-order valence-electron chi connectivity index (χ2n) is 3.82. The molecule has 1 atom stereocenters. The van der Waals surface area contributed by atoms with Crippen LogP contribution in [0.15, 0.2) is 23.1 Å². The van der Waals surface area contributed by atoms with Crippen molar-refractivity contribution in [2.24, 2.45) is 0 Å². The molecular weight excluding hydrogens is 241 g/mol. The lowest BCUT2D eigenvalue weighted by Crippen LogP contribution is -2.26. The van der Waals surface area contributed by atoms with Crippen molar-refractivity contribution in [2.75, 3.05) is 24.3 Å². The van der Waals surface area contributed by atoms with Gasteiger partial charge in [0.1, 0.15) is 5.82 Å². The smallest absolute Gasteiger partial charge is 0.123 e. The first-order chi connectivity index (χ1) is 7.81. The highest BCUT2D eigenvalue weighted by Crippen LogP contribution is 2.36. The van der Waals surface area contributed by atoms with Gasteiger partial charge in [-0.3, -0.25) is 0 Å². The van der Waals surface area contributed by atoms with Gasteiger partial charge in [0.25, 0.3) is 0 Å². The molecule has 1 nitrogen and oxygen atoms in total. The minimum Gasteiger partial charge on any atom is -0.309 e. The molecule has 88 valence electrons. The van der Waals surface area contributed by atoms with Crippen LogP contribution in [0.5, 0.6) is 0 Å². The Kier molecular flexibility index (Phi) is 4.55.